The van der Waals surface area contributed by atoms with Gasteiger partial charge in [0.15, 0.2) is 0 Å². The Balaban J connectivity index is 0.00000121. The van der Waals surface area contributed by atoms with Crippen molar-refractivity contribution < 1.29 is 14.2 Å². The van der Waals surface area contributed by atoms with E-state index < -0.39 is 0 Å². The van der Waals surface area contributed by atoms with Crippen LogP contribution in [-0.4, -0.2) is 46.3 Å². The molecule has 0 aromatic carbocycles. The average molecular weight is 195 g/mol. The summed E-state index contributed by atoms with van der Waals surface area (Å²) in [5, 5.41) is 3.27. The van der Waals surface area contributed by atoms with Gasteiger partial charge in [-0.05, 0) is 0 Å². The molecule has 5 heteroatoms. The number of hydrogen-bond donors (Lipinski definition) is 1. The highest BCUT2D eigenvalue weighted by molar-refractivity contribution is 7.59. The average Bonchev–Trinajstić information content (AvgIpc) is 2.07. The van der Waals surface area contributed by atoms with Gasteiger partial charge in [-0.25, -0.2) is 0 Å². The van der Waals surface area contributed by atoms with Crippen LogP contribution in [0, 0.1) is 0 Å². The summed E-state index contributed by atoms with van der Waals surface area (Å²) in [6.45, 7) is 3.48. The molecule has 74 valence electrons. The third kappa shape index (κ3) is 4.95. The van der Waals surface area contributed by atoms with Crippen LogP contribution in [0.25, 0.3) is 0 Å². The first-order valence-electron chi connectivity index (χ1n) is 3.81. The first kappa shape index (κ1) is 12.2. The Kier molecular flexibility index (Phi) is 7.94. The maximum atomic E-state index is 5.23. The van der Waals surface area contributed by atoms with Crippen molar-refractivity contribution in [1.29, 1.82) is 0 Å². The molecule has 0 aromatic rings. The number of methoxy groups -OCH3 is 1. The van der Waals surface area contributed by atoms with Gasteiger partial charge in [-0.1, -0.05) is 0 Å². The topological polar surface area (TPSA) is 39.7 Å². The van der Waals surface area contributed by atoms with Gasteiger partial charge < -0.3 is 19.5 Å². The van der Waals surface area contributed by atoms with E-state index in [1.54, 1.807) is 7.11 Å². The smallest absolute Gasteiger partial charge is 0.146 e. The van der Waals surface area contributed by atoms with Crippen LogP contribution in [0.1, 0.15) is 0 Å². The summed E-state index contributed by atoms with van der Waals surface area (Å²) in [6.07, 6.45) is 0. The summed E-state index contributed by atoms with van der Waals surface area (Å²) in [5.74, 6) is 0. The van der Waals surface area contributed by atoms with Gasteiger partial charge in [-0.3, -0.25) is 0 Å². The van der Waals surface area contributed by atoms with Gasteiger partial charge in [-0.15, -0.1) is 0 Å². The highest BCUT2D eigenvalue weighted by atomic mass is 32.1. The van der Waals surface area contributed by atoms with E-state index in [4.69, 9.17) is 14.2 Å². The summed E-state index contributed by atoms with van der Waals surface area (Å²) < 4.78 is 15.1. The summed E-state index contributed by atoms with van der Waals surface area (Å²) in [4.78, 5) is 0. The van der Waals surface area contributed by atoms with Crippen LogP contribution >= 0.6 is 13.5 Å². The Labute approximate surface area is 80.0 Å². The lowest BCUT2D eigenvalue weighted by Gasteiger charge is -2.23. The van der Waals surface area contributed by atoms with Crippen LogP contribution in [0.2, 0.25) is 0 Å². The molecule has 12 heavy (non-hydrogen) atoms. The molecule has 0 bridgehead atoms. The third-order valence-electron chi connectivity index (χ3n) is 1.52. The zero-order valence-electron chi connectivity index (χ0n) is 7.34. The fraction of sp³-hybridized carbons (Fsp3) is 1.00. The minimum absolute atomic E-state index is 0. The highest BCUT2D eigenvalue weighted by Gasteiger charge is 2.11. The molecule has 1 fully saturated rings. The fourth-order valence-electron chi connectivity index (χ4n) is 1.00. The minimum Gasteiger partial charge on any atom is -0.378 e. The van der Waals surface area contributed by atoms with Gasteiger partial charge in [0.1, 0.15) is 6.79 Å². The standard InChI is InChI=1S/C7H15NO3.H2S/c1-9-6-11-5-7-4-10-3-2-8-7;/h7-8H,2-6H2,1H3;1H2/t7-;/m0./s1. The molecule has 1 aliphatic rings. The van der Waals surface area contributed by atoms with Gasteiger partial charge in [0.05, 0.1) is 25.9 Å². The van der Waals surface area contributed by atoms with Crippen molar-refractivity contribution in [2.75, 3.05) is 40.3 Å². The monoisotopic (exact) mass is 195 g/mol. The molecule has 1 aliphatic heterocycles. The molecule has 1 heterocycles. The van der Waals surface area contributed by atoms with Crippen LogP contribution in [0.15, 0.2) is 0 Å². The lowest BCUT2D eigenvalue weighted by Crippen LogP contribution is -2.44. The minimum atomic E-state index is 0. The van der Waals surface area contributed by atoms with Gasteiger partial charge >= 0.3 is 0 Å². The second-order valence-corrected chi connectivity index (χ2v) is 2.50. The summed E-state index contributed by atoms with van der Waals surface area (Å²) in [7, 11) is 1.62. The molecule has 0 aliphatic carbocycles. The van der Waals surface area contributed by atoms with Crippen molar-refractivity contribution in [3.05, 3.63) is 0 Å². The van der Waals surface area contributed by atoms with Crippen LogP contribution in [-0.2, 0) is 14.2 Å². The second-order valence-electron chi connectivity index (χ2n) is 2.50. The maximum Gasteiger partial charge on any atom is 0.146 e. The Morgan fingerprint density at radius 3 is 3.00 bits per heavy atom. The molecule has 0 radical (unpaired) electrons. The fourth-order valence-corrected chi connectivity index (χ4v) is 1.00. The number of morpholine rings is 1. The lowest BCUT2D eigenvalue weighted by atomic mass is 10.3. The molecule has 1 rings (SSSR count). The SMILES string of the molecule is COCOC[C@@H]1COCCN1.S. The molecule has 4 nitrogen and oxygen atoms in total. The first-order valence-corrected chi connectivity index (χ1v) is 3.81. The predicted octanol–water partition coefficient (Wildman–Crippen LogP) is -0.292. The van der Waals surface area contributed by atoms with Gasteiger partial charge in [0.25, 0.3) is 0 Å². The van der Waals surface area contributed by atoms with Gasteiger partial charge in [-0.2, -0.15) is 13.5 Å². The normalized spacial score (nSPS) is 23.2. The summed E-state index contributed by atoms with van der Waals surface area (Å²) in [6, 6.07) is 0.332. The van der Waals surface area contributed by atoms with E-state index in [-0.39, 0.29) is 13.5 Å². The molecule has 1 atom stereocenters. The molecule has 1 saturated heterocycles. The van der Waals surface area contributed by atoms with Crippen LogP contribution < -0.4 is 5.32 Å². The van der Waals surface area contributed by atoms with Crippen LogP contribution in [0.5, 0.6) is 0 Å². The molecule has 0 unspecified atom stereocenters. The number of hydrogen-bond acceptors (Lipinski definition) is 4. The highest BCUT2D eigenvalue weighted by Crippen LogP contribution is 1.93. The van der Waals surface area contributed by atoms with Crippen molar-refractivity contribution in [2.24, 2.45) is 0 Å². The molecule has 0 aromatic heterocycles. The number of ether oxygens (including phenoxy) is 3. The maximum absolute atomic E-state index is 5.23. The molecule has 0 saturated carbocycles. The van der Waals surface area contributed by atoms with Crippen molar-refractivity contribution in [3.63, 3.8) is 0 Å². The summed E-state index contributed by atoms with van der Waals surface area (Å²) >= 11 is 0. The first-order chi connectivity index (χ1) is 5.43. The number of rotatable bonds is 4. The van der Waals surface area contributed by atoms with E-state index in [2.05, 4.69) is 5.32 Å². The van der Waals surface area contributed by atoms with Crippen molar-refractivity contribution in [1.82, 2.24) is 5.32 Å². The van der Waals surface area contributed by atoms with E-state index in [1.807, 2.05) is 0 Å². The van der Waals surface area contributed by atoms with Crippen LogP contribution in [0.4, 0.5) is 0 Å². The van der Waals surface area contributed by atoms with Crippen molar-refractivity contribution in [2.45, 2.75) is 6.04 Å². The largest absolute Gasteiger partial charge is 0.378 e. The van der Waals surface area contributed by atoms with E-state index >= 15 is 0 Å². The molecule has 1 N–H and O–H groups in total. The van der Waals surface area contributed by atoms with Crippen LogP contribution in [0.3, 0.4) is 0 Å². The zero-order valence-corrected chi connectivity index (χ0v) is 8.34. The Bertz CT molecular complexity index is 98.7. The molecule has 0 amide bonds. The second kappa shape index (κ2) is 7.82. The summed E-state index contributed by atoms with van der Waals surface area (Å²) in [5.41, 5.74) is 0. The molecule has 0 spiro atoms. The quantitative estimate of drug-likeness (QED) is 0.494. The van der Waals surface area contributed by atoms with Gasteiger partial charge in [0.2, 0.25) is 0 Å². The predicted molar refractivity (Wildman–Crippen MR) is 50.8 cm³/mol. The van der Waals surface area contributed by atoms with Crippen molar-refractivity contribution in [3.8, 4) is 0 Å². The van der Waals surface area contributed by atoms with Crippen molar-refractivity contribution >= 4 is 13.5 Å². The Morgan fingerprint density at radius 1 is 1.58 bits per heavy atom. The molecular formula is C7H17NO3S. The van der Waals surface area contributed by atoms with Gasteiger partial charge in [0, 0.05) is 13.7 Å². The van der Waals surface area contributed by atoms with E-state index in [1.165, 1.54) is 0 Å². The third-order valence-corrected chi connectivity index (χ3v) is 1.52. The Hall–Kier alpha value is 0.190. The number of nitrogens with one attached hydrogen (secondary N) is 1. The van der Waals surface area contributed by atoms with E-state index in [9.17, 15) is 0 Å². The van der Waals surface area contributed by atoms with E-state index in [0.29, 0.717) is 19.4 Å². The molecular weight excluding hydrogens is 178 g/mol. The zero-order chi connectivity index (χ0) is 7.94. The Morgan fingerprint density at radius 2 is 2.42 bits per heavy atom. The lowest BCUT2D eigenvalue weighted by molar-refractivity contribution is -0.0525. The van der Waals surface area contributed by atoms with E-state index in [0.717, 1.165) is 19.8 Å².